The normalized spacial score (nSPS) is 20.2. The van der Waals surface area contributed by atoms with Crippen molar-refractivity contribution in [2.45, 2.75) is 25.4 Å². The van der Waals surface area contributed by atoms with Crippen LogP contribution in [-0.2, 0) is 6.54 Å². The van der Waals surface area contributed by atoms with Crippen LogP contribution in [0.4, 0.5) is 0 Å². The molecule has 18 heavy (non-hydrogen) atoms. The molecule has 2 aromatic heterocycles. The molecule has 3 rings (SSSR count). The van der Waals surface area contributed by atoms with Crippen LogP contribution in [0.3, 0.4) is 0 Å². The predicted octanol–water partition coefficient (Wildman–Crippen LogP) is 1.07. The topological polar surface area (TPSA) is 59.5 Å². The molecular formula is C12H18ClN5. The van der Waals surface area contributed by atoms with Gasteiger partial charge < -0.3 is 5.73 Å². The standard InChI is InChI=1S/C12H17N5.ClH/c13-7-11-3-1-5-16(11)8-10-9-17-6-2-4-14-12(17)15-10;/h2,4,6,9,11H,1,3,5,7-8,13H2;1H. The quantitative estimate of drug-likeness (QED) is 0.904. The molecule has 98 valence electrons. The van der Waals surface area contributed by atoms with Crippen molar-refractivity contribution in [2.75, 3.05) is 13.1 Å². The second-order valence-corrected chi connectivity index (χ2v) is 4.56. The third-order valence-corrected chi connectivity index (χ3v) is 3.42. The Bertz CT molecular complexity index is 479. The van der Waals surface area contributed by atoms with Crippen molar-refractivity contribution >= 4 is 18.2 Å². The van der Waals surface area contributed by atoms with Gasteiger partial charge in [0, 0.05) is 37.7 Å². The number of imidazole rings is 1. The van der Waals surface area contributed by atoms with E-state index >= 15 is 0 Å². The summed E-state index contributed by atoms with van der Waals surface area (Å²) in [7, 11) is 0. The SMILES string of the molecule is Cl.NCC1CCCN1Cc1cn2cccnc2n1. The number of likely N-dealkylation sites (tertiary alicyclic amines) is 1. The van der Waals surface area contributed by atoms with E-state index < -0.39 is 0 Å². The van der Waals surface area contributed by atoms with E-state index in [0.29, 0.717) is 6.04 Å². The van der Waals surface area contributed by atoms with Gasteiger partial charge >= 0.3 is 0 Å². The Morgan fingerprint density at radius 3 is 3.11 bits per heavy atom. The molecule has 1 unspecified atom stereocenters. The molecule has 0 spiro atoms. The molecule has 1 fully saturated rings. The van der Waals surface area contributed by atoms with Crippen LogP contribution in [0.2, 0.25) is 0 Å². The molecule has 1 aliphatic rings. The molecule has 0 aromatic carbocycles. The van der Waals surface area contributed by atoms with E-state index in [1.165, 1.54) is 12.8 Å². The van der Waals surface area contributed by atoms with E-state index in [9.17, 15) is 0 Å². The van der Waals surface area contributed by atoms with Crippen LogP contribution in [-0.4, -0.2) is 38.4 Å². The maximum absolute atomic E-state index is 5.77. The average Bonchev–Trinajstić information content (AvgIpc) is 2.94. The van der Waals surface area contributed by atoms with Crippen LogP contribution in [0, 0.1) is 0 Å². The van der Waals surface area contributed by atoms with Gasteiger partial charge in [-0.15, -0.1) is 12.4 Å². The fourth-order valence-corrected chi connectivity index (χ4v) is 2.53. The summed E-state index contributed by atoms with van der Waals surface area (Å²) in [6.07, 6.45) is 8.25. The molecule has 6 heteroatoms. The van der Waals surface area contributed by atoms with Gasteiger partial charge in [0.1, 0.15) is 0 Å². The van der Waals surface area contributed by atoms with Crippen molar-refractivity contribution in [2.24, 2.45) is 5.73 Å². The zero-order chi connectivity index (χ0) is 11.7. The first-order valence-corrected chi connectivity index (χ1v) is 6.09. The minimum absolute atomic E-state index is 0. The first-order valence-electron chi connectivity index (χ1n) is 6.09. The van der Waals surface area contributed by atoms with Gasteiger partial charge in [0.05, 0.1) is 5.69 Å². The molecule has 0 amide bonds. The molecule has 2 aromatic rings. The number of fused-ring (bicyclic) bond motifs is 1. The Balaban J connectivity index is 0.00000120. The van der Waals surface area contributed by atoms with E-state index in [4.69, 9.17) is 5.73 Å². The first-order chi connectivity index (χ1) is 8.36. The van der Waals surface area contributed by atoms with Crippen LogP contribution in [0.25, 0.3) is 5.78 Å². The molecule has 0 saturated carbocycles. The smallest absolute Gasteiger partial charge is 0.233 e. The fraction of sp³-hybridized carbons (Fsp3) is 0.500. The maximum atomic E-state index is 5.77. The van der Waals surface area contributed by atoms with E-state index in [1.54, 1.807) is 6.20 Å². The number of nitrogens with two attached hydrogens (primary N) is 1. The van der Waals surface area contributed by atoms with Gasteiger partial charge in [0.25, 0.3) is 0 Å². The molecule has 3 heterocycles. The summed E-state index contributed by atoms with van der Waals surface area (Å²) >= 11 is 0. The van der Waals surface area contributed by atoms with Crippen LogP contribution in [0.5, 0.6) is 0 Å². The van der Waals surface area contributed by atoms with Crippen molar-refractivity contribution < 1.29 is 0 Å². The summed E-state index contributed by atoms with van der Waals surface area (Å²) in [4.78, 5) is 11.2. The molecule has 0 aliphatic carbocycles. The van der Waals surface area contributed by atoms with Gasteiger partial charge in [-0.1, -0.05) is 0 Å². The molecule has 1 atom stereocenters. The molecule has 0 radical (unpaired) electrons. The monoisotopic (exact) mass is 267 g/mol. The van der Waals surface area contributed by atoms with E-state index in [0.717, 1.165) is 31.1 Å². The molecular weight excluding hydrogens is 250 g/mol. The van der Waals surface area contributed by atoms with E-state index in [-0.39, 0.29) is 12.4 Å². The minimum atomic E-state index is 0. The Kier molecular flexibility index (Phi) is 4.16. The lowest BCUT2D eigenvalue weighted by molar-refractivity contribution is 0.248. The third-order valence-electron chi connectivity index (χ3n) is 3.42. The Labute approximate surface area is 112 Å². The highest BCUT2D eigenvalue weighted by molar-refractivity contribution is 5.85. The third kappa shape index (κ3) is 2.48. The summed E-state index contributed by atoms with van der Waals surface area (Å²) in [5.41, 5.74) is 6.85. The van der Waals surface area contributed by atoms with Crippen molar-refractivity contribution in [1.29, 1.82) is 0 Å². The largest absolute Gasteiger partial charge is 0.329 e. The van der Waals surface area contributed by atoms with Crippen molar-refractivity contribution in [3.05, 3.63) is 30.4 Å². The molecule has 1 aliphatic heterocycles. The predicted molar refractivity (Wildman–Crippen MR) is 72.7 cm³/mol. The van der Waals surface area contributed by atoms with Crippen LogP contribution in [0.1, 0.15) is 18.5 Å². The maximum Gasteiger partial charge on any atom is 0.233 e. The number of hydrogen-bond donors (Lipinski definition) is 1. The van der Waals surface area contributed by atoms with Crippen molar-refractivity contribution in [3.8, 4) is 0 Å². The van der Waals surface area contributed by atoms with Gasteiger partial charge in [-0.25, -0.2) is 9.97 Å². The van der Waals surface area contributed by atoms with Crippen LogP contribution in [0.15, 0.2) is 24.7 Å². The number of hydrogen-bond acceptors (Lipinski definition) is 4. The zero-order valence-electron chi connectivity index (χ0n) is 10.2. The van der Waals surface area contributed by atoms with Gasteiger partial charge in [-0.2, -0.15) is 0 Å². The summed E-state index contributed by atoms with van der Waals surface area (Å²) in [5, 5.41) is 0. The Hall–Kier alpha value is -1.17. The van der Waals surface area contributed by atoms with Crippen molar-refractivity contribution in [1.82, 2.24) is 19.3 Å². The lowest BCUT2D eigenvalue weighted by Crippen LogP contribution is -2.34. The molecule has 1 saturated heterocycles. The second kappa shape index (κ2) is 5.65. The Morgan fingerprint density at radius 2 is 2.33 bits per heavy atom. The number of halogens is 1. The second-order valence-electron chi connectivity index (χ2n) is 4.56. The number of nitrogens with zero attached hydrogens (tertiary/aromatic N) is 4. The van der Waals surface area contributed by atoms with E-state index in [2.05, 4.69) is 14.9 Å². The average molecular weight is 268 g/mol. The number of aromatic nitrogens is 3. The summed E-state index contributed by atoms with van der Waals surface area (Å²) < 4.78 is 1.96. The highest BCUT2D eigenvalue weighted by Gasteiger charge is 2.23. The summed E-state index contributed by atoms with van der Waals surface area (Å²) in [5.74, 6) is 0.769. The van der Waals surface area contributed by atoms with Gasteiger partial charge in [0.15, 0.2) is 0 Å². The highest BCUT2D eigenvalue weighted by Crippen LogP contribution is 2.18. The summed E-state index contributed by atoms with van der Waals surface area (Å²) in [6, 6.07) is 2.43. The minimum Gasteiger partial charge on any atom is -0.329 e. The van der Waals surface area contributed by atoms with Crippen molar-refractivity contribution in [3.63, 3.8) is 0 Å². The van der Waals surface area contributed by atoms with Crippen LogP contribution >= 0.6 is 12.4 Å². The summed E-state index contributed by atoms with van der Waals surface area (Å²) in [6.45, 7) is 2.75. The molecule has 0 bridgehead atoms. The van der Waals surface area contributed by atoms with Gasteiger partial charge in [-0.3, -0.25) is 9.30 Å². The van der Waals surface area contributed by atoms with Gasteiger partial charge in [0.2, 0.25) is 5.78 Å². The molecule has 2 N–H and O–H groups in total. The molecule has 5 nitrogen and oxygen atoms in total. The number of rotatable bonds is 3. The van der Waals surface area contributed by atoms with Gasteiger partial charge in [-0.05, 0) is 25.5 Å². The highest BCUT2D eigenvalue weighted by atomic mass is 35.5. The first kappa shape index (κ1) is 13.3. The Morgan fingerprint density at radius 1 is 1.44 bits per heavy atom. The lowest BCUT2D eigenvalue weighted by atomic mass is 10.2. The fourth-order valence-electron chi connectivity index (χ4n) is 2.53. The zero-order valence-corrected chi connectivity index (χ0v) is 11.0. The van der Waals surface area contributed by atoms with E-state index in [1.807, 2.05) is 22.9 Å². The van der Waals surface area contributed by atoms with Crippen LogP contribution < -0.4 is 5.73 Å². The lowest BCUT2D eigenvalue weighted by Gasteiger charge is -2.21.